The van der Waals surface area contributed by atoms with Gasteiger partial charge in [-0.2, -0.15) is 0 Å². The van der Waals surface area contributed by atoms with Crippen LogP contribution in [0.25, 0.3) is 0 Å². The number of furan rings is 1. The summed E-state index contributed by atoms with van der Waals surface area (Å²) < 4.78 is 5.35. The van der Waals surface area contributed by atoms with Crippen LogP contribution in [0.15, 0.2) is 16.5 Å². The summed E-state index contributed by atoms with van der Waals surface area (Å²) in [5, 5.41) is 3.17. The number of nitrogens with zero attached hydrogens (tertiary/aromatic N) is 1. The number of aryl methyl sites for hydroxylation is 2. The molecule has 2 aromatic rings. The number of hydrogen-bond acceptors (Lipinski definition) is 5. The molecule has 6 heteroatoms. The molecule has 2 rings (SSSR count). The lowest BCUT2D eigenvalue weighted by Crippen LogP contribution is -2.22. The molecule has 90 valence electrons. The van der Waals surface area contributed by atoms with Gasteiger partial charge in [-0.3, -0.25) is 4.79 Å². The average molecular weight is 251 g/mol. The van der Waals surface area contributed by atoms with Gasteiger partial charge in [0.2, 0.25) is 0 Å². The maximum absolute atomic E-state index is 11.8. The second kappa shape index (κ2) is 4.58. The van der Waals surface area contributed by atoms with Crippen LogP contribution in [0.3, 0.4) is 0 Å². The van der Waals surface area contributed by atoms with Gasteiger partial charge in [0.25, 0.3) is 5.91 Å². The van der Waals surface area contributed by atoms with Crippen LogP contribution in [0, 0.1) is 13.8 Å². The monoisotopic (exact) mass is 251 g/mol. The molecule has 0 bridgehead atoms. The van der Waals surface area contributed by atoms with Crippen LogP contribution in [0.2, 0.25) is 0 Å². The molecular weight excluding hydrogens is 238 g/mol. The number of rotatable bonds is 3. The Kier molecular flexibility index (Phi) is 3.14. The van der Waals surface area contributed by atoms with Crippen LogP contribution in [0.4, 0.5) is 5.13 Å². The molecule has 0 atom stereocenters. The zero-order valence-electron chi connectivity index (χ0n) is 9.61. The predicted molar refractivity (Wildman–Crippen MR) is 65.9 cm³/mol. The van der Waals surface area contributed by atoms with Crippen molar-refractivity contribution in [3.8, 4) is 0 Å². The van der Waals surface area contributed by atoms with E-state index >= 15 is 0 Å². The second-order valence-electron chi connectivity index (χ2n) is 3.66. The lowest BCUT2D eigenvalue weighted by molar-refractivity contribution is 0.0951. The van der Waals surface area contributed by atoms with Gasteiger partial charge in [0.15, 0.2) is 5.13 Å². The number of nitrogens with two attached hydrogens (primary N) is 1. The molecule has 0 unspecified atom stereocenters. The van der Waals surface area contributed by atoms with Crippen molar-refractivity contribution in [3.05, 3.63) is 34.2 Å². The normalized spacial score (nSPS) is 10.5. The zero-order valence-corrected chi connectivity index (χ0v) is 10.4. The Bertz CT molecular complexity index is 545. The lowest BCUT2D eigenvalue weighted by atomic mass is 10.3. The van der Waals surface area contributed by atoms with Gasteiger partial charge in [0, 0.05) is 0 Å². The van der Waals surface area contributed by atoms with Gasteiger partial charge in [0.05, 0.1) is 12.2 Å². The van der Waals surface area contributed by atoms with Crippen molar-refractivity contribution >= 4 is 22.4 Å². The van der Waals surface area contributed by atoms with Crippen LogP contribution in [0.1, 0.15) is 26.9 Å². The summed E-state index contributed by atoms with van der Waals surface area (Å²) in [6.07, 6.45) is 0. The summed E-state index contributed by atoms with van der Waals surface area (Å²) in [4.78, 5) is 16.4. The standard InChI is InChI=1S/C11H13N3O2S/c1-6-3-4-8(16-6)5-13-10(15)9-7(2)14-11(12)17-9/h3-4H,5H2,1-2H3,(H2,12,14)(H,13,15). The van der Waals surface area contributed by atoms with Crippen molar-refractivity contribution in [1.29, 1.82) is 0 Å². The third kappa shape index (κ3) is 2.65. The van der Waals surface area contributed by atoms with Crippen LogP contribution in [-0.4, -0.2) is 10.9 Å². The minimum atomic E-state index is -0.175. The molecule has 0 fully saturated rings. The van der Waals surface area contributed by atoms with Crippen molar-refractivity contribution in [1.82, 2.24) is 10.3 Å². The maximum atomic E-state index is 11.8. The first-order valence-electron chi connectivity index (χ1n) is 5.12. The smallest absolute Gasteiger partial charge is 0.263 e. The zero-order chi connectivity index (χ0) is 12.4. The molecule has 0 spiro atoms. The molecule has 2 aromatic heterocycles. The van der Waals surface area contributed by atoms with Crippen molar-refractivity contribution in [3.63, 3.8) is 0 Å². The quantitative estimate of drug-likeness (QED) is 0.872. The molecule has 0 saturated carbocycles. The highest BCUT2D eigenvalue weighted by molar-refractivity contribution is 7.17. The number of nitrogens with one attached hydrogen (secondary N) is 1. The van der Waals surface area contributed by atoms with E-state index in [0.29, 0.717) is 22.2 Å². The molecule has 0 aliphatic carbocycles. The van der Waals surface area contributed by atoms with E-state index in [1.807, 2.05) is 19.1 Å². The van der Waals surface area contributed by atoms with E-state index in [1.54, 1.807) is 6.92 Å². The number of anilines is 1. The average Bonchev–Trinajstić information content (AvgIpc) is 2.81. The Morgan fingerprint density at radius 3 is 2.82 bits per heavy atom. The largest absolute Gasteiger partial charge is 0.465 e. The molecule has 5 nitrogen and oxygen atoms in total. The molecule has 1 amide bonds. The summed E-state index contributed by atoms with van der Waals surface area (Å²) in [6.45, 7) is 3.99. The molecule has 0 aliphatic rings. The van der Waals surface area contributed by atoms with Gasteiger partial charge >= 0.3 is 0 Å². The molecular formula is C11H13N3O2S. The number of amides is 1. The van der Waals surface area contributed by atoms with Crippen LogP contribution in [0.5, 0.6) is 0 Å². The number of thiazole rings is 1. The first-order chi connectivity index (χ1) is 8.06. The third-order valence-corrected chi connectivity index (χ3v) is 3.22. The minimum absolute atomic E-state index is 0.175. The van der Waals surface area contributed by atoms with E-state index in [0.717, 1.165) is 11.5 Å². The summed E-state index contributed by atoms with van der Waals surface area (Å²) in [6, 6.07) is 3.70. The summed E-state index contributed by atoms with van der Waals surface area (Å²) in [7, 11) is 0. The second-order valence-corrected chi connectivity index (χ2v) is 4.69. The summed E-state index contributed by atoms with van der Waals surface area (Å²) in [5.41, 5.74) is 6.19. The Labute approximate surface area is 103 Å². The Hall–Kier alpha value is -1.82. The molecule has 0 aromatic carbocycles. The van der Waals surface area contributed by atoms with Gasteiger partial charge in [-0.25, -0.2) is 4.98 Å². The highest BCUT2D eigenvalue weighted by Crippen LogP contribution is 2.19. The topological polar surface area (TPSA) is 81.2 Å². The van der Waals surface area contributed by atoms with Crippen molar-refractivity contribution in [2.75, 3.05) is 5.73 Å². The number of aromatic nitrogens is 1. The third-order valence-electron chi connectivity index (χ3n) is 2.24. The van der Waals surface area contributed by atoms with Gasteiger partial charge in [-0.05, 0) is 26.0 Å². The minimum Gasteiger partial charge on any atom is -0.465 e. The number of carbonyl (C=O) groups is 1. The van der Waals surface area contributed by atoms with E-state index in [1.165, 1.54) is 11.3 Å². The molecule has 3 N–H and O–H groups in total. The SMILES string of the molecule is Cc1ccc(CNC(=O)c2sc(N)nc2C)o1. The van der Waals surface area contributed by atoms with Crippen LogP contribution < -0.4 is 11.1 Å². The molecule has 2 heterocycles. The van der Waals surface area contributed by atoms with E-state index < -0.39 is 0 Å². The number of hydrogen-bond donors (Lipinski definition) is 2. The highest BCUT2D eigenvalue weighted by atomic mass is 32.1. The fourth-order valence-corrected chi connectivity index (χ4v) is 2.21. The number of nitrogen functional groups attached to an aromatic ring is 1. The van der Waals surface area contributed by atoms with E-state index in [-0.39, 0.29) is 5.91 Å². The molecule has 0 aliphatic heterocycles. The van der Waals surface area contributed by atoms with Crippen molar-refractivity contribution < 1.29 is 9.21 Å². The Balaban J connectivity index is 2.00. The van der Waals surface area contributed by atoms with Crippen LogP contribution in [-0.2, 0) is 6.54 Å². The first-order valence-corrected chi connectivity index (χ1v) is 5.94. The van der Waals surface area contributed by atoms with Crippen molar-refractivity contribution in [2.45, 2.75) is 20.4 Å². The van der Waals surface area contributed by atoms with Crippen molar-refractivity contribution in [2.24, 2.45) is 0 Å². The van der Waals surface area contributed by atoms with E-state index in [4.69, 9.17) is 10.2 Å². The number of carbonyl (C=O) groups excluding carboxylic acids is 1. The Morgan fingerprint density at radius 2 is 2.29 bits per heavy atom. The predicted octanol–water partition coefficient (Wildman–Crippen LogP) is 1.87. The van der Waals surface area contributed by atoms with Gasteiger partial charge < -0.3 is 15.5 Å². The fourth-order valence-electron chi connectivity index (χ4n) is 1.46. The summed E-state index contributed by atoms with van der Waals surface area (Å²) in [5.74, 6) is 1.38. The molecule has 0 saturated heterocycles. The fraction of sp³-hybridized carbons (Fsp3) is 0.273. The van der Waals surface area contributed by atoms with E-state index in [9.17, 15) is 4.79 Å². The Morgan fingerprint density at radius 1 is 1.53 bits per heavy atom. The molecule has 0 radical (unpaired) electrons. The van der Waals surface area contributed by atoms with Gasteiger partial charge in [-0.1, -0.05) is 11.3 Å². The highest BCUT2D eigenvalue weighted by Gasteiger charge is 2.14. The van der Waals surface area contributed by atoms with Gasteiger partial charge in [0.1, 0.15) is 16.4 Å². The first kappa shape index (κ1) is 11.7. The maximum Gasteiger partial charge on any atom is 0.263 e. The van der Waals surface area contributed by atoms with Crippen LogP contribution >= 0.6 is 11.3 Å². The van der Waals surface area contributed by atoms with E-state index in [2.05, 4.69) is 10.3 Å². The van der Waals surface area contributed by atoms with Gasteiger partial charge in [-0.15, -0.1) is 0 Å². The molecule has 17 heavy (non-hydrogen) atoms. The summed E-state index contributed by atoms with van der Waals surface area (Å²) >= 11 is 1.19. The lowest BCUT2D eigenvalue weighted by Gasteiger charge is -2.01.